The smallest absolute Gasteiger partial charge is 0.249 e. The van der Waals surface area contributed by atoms with Crippen LogP contribution in [-0.4, -0.2) is 40.4 Å². The monoisotopic (exact) mass is 657 g/mol. The van der Waals surface area contributed by atoms with Gasteiger partial charge in [-0.05, 0) is 68.8 Å². The summed E-state index contributed by atoms with van der Waals surface area (Å²) >= 11 is 7.39. The van der Waals surface area contributed by atoms with Gasteiger partial charge >= 0.3 is 0 Å². The highest BCUT2D eigenvalue weighted by Gasteiger charge is 2.53. The molecule has 2 heterocycles. The van der Waals surface area contributed by atoms with Crippen molar-refractivity contribution >= 4 is 45.0 Å². The van der Waals surface area contributed by atoms with E-state index in [2.05, 4.69) is 14.9 Å². The second-order valence-corrected chi connectivity index (χ2v) is 16.0. The van der Waals surface area contributed by atoms with Gasteiger partial charge in [-0.2, -0.15) is 0 Å². The van der Waals surface area contributed by atoms with Gasteiger partial charge in [0.2, 0.25) is 15.9 Å². The summed E-state index contributed by atoms with van der Waals surface area (Å²) in [6, 6.07) is 34.2. The van der Waals surface area contributed by atoms with Crippen LogP contribution in [-0.2, 0) is 26.1 Å². The third-order valence-electron chi connectivity index (χ3n) is 7.74. The van der Waals surface area contributed by atoms with E-state index in [0.29, 0.717) is 28.1 Å². The van der Waals surface area contributed by atoms with Gasteiger partial charge in [0.05, 0.1) is 11.3 Å². The number of nitrogens with one attached hydrogen (secondary N) is 1. The molecule has 0 saturated heterocycles. The number of fused-ring (bicyclic) bond motifs is 1. The molecule has 1 unspecified atom stereocenters. The first-order valence-corrected chi connectivity index (χ1v) is 17.1. The molecule has 4 aromatic carbocycles. The predicted octanol–water partition coefficient (Wildman–Crippen LogP) is 6.84. The number of halogens is 1. The van der Waals surface area contributed by atoms with E-state index in [1.807, 2.05) is 102 Å². The molecule has 0 fully saturated rings. The summed E-state index contributed by atoms with van der Waals surface area (Å²) in [6.07, 6.45) is 0. The van der Waals surface area contributed by atoms with Gasteiger partial charge in [0.25, 0.3) is 0 Å². The molecule has 6 rings (SSSR count). The van der Waals surface area contributed by atoms with E-state index in [4.69, 9.17) is 11.6 Å². The molecule has 0 spiro atoms. The summed E-state index contributed by atoms with van der Waals surface area (Å²) in [7, 11) is -3.81. The number of sulfonamides is 1. The third kappa shape index (κ3) is 5.91. The van der Waals surface area contributed by atoms with E-state index < -0.39 is 19.5 Å². The van der Waals surface area contributed by atoms with Crippen molar-refractivity contribution in [1.29, 1.82) is 0 Å². The number of aromatic nitrogens is 3. The Hall–Kier alpha value is -3.96. The molecule has 1 N–H and O–H groups in total. The summed E-state index contributed by atoms with van der Waals surface area (Å²) < 4.78 is 29.0. The lowest BCUT2D eigenvalue weighted by molar-refractivity contribution is -0.120. The molecule has 1 aliphatic heterocycles. The van der Waals surface area contributed by atoms with Crippen molar-refractivity contribution in [3.63, 3.8) is 0 Å². The molecule has 0 bridgehead atoms. The lowest BCUT2D eigenvalue weighted by Gasteiger charge is -2.30. The minimum Gasteiger partial charge on any atom is -0.306 e. The molecule has 0 saturated carbocycles. The fraction of sp³-hybridized carbons (Fsp3) is 0.206. The lowest BCUT2D eigenvalue weighted by atomic mass is 10.00. The Morgan fingerprint density at radius 2 is 1.47 bits per heavy atom. The van der Waals surface area contributed by atoms with Gasteiger partial charge in [0, 0.05) is 34.1 Å². The molecule has 1 atom stereocenters. The zero-order valence-electron chi connectivity index (χ0n) is 25.0. The summed E-state index contributed by atoms with van der Waals surface area (Å²) in [5.74, 6) is 0.315. The number of carbonyl (C=O) groups is 1. The first-order chi connectivity index (χ1) is 21.5. The summed E-state index contributed by atoms with van der Waals surface area (Å²) in [4.78, 5) is 16.5. The first kappa shape index (κ1) is 31.0. The SMILES string of the molecule is CC(C)(C)S(=O)(=O)NCC1(Sc2nnc(-c3ccc(Cl)cc3)n2-c2ccccc2)C(=O)N(Cc2ccccc2)c2ccccc21. The Kier molecular flexibility index (Phi) is 8.34. The van der Waals surface area contributed by atoms with Crippen LogP contribution in [0, 0.1) is 0 Å². The van der Waals surface area contributed by atoms with Crippen LogP contribution < -0.4 is 9.62 Å². The van der Waals surface area contributed by atoms with Crippen LogP contribution in [0.15, 0.2) is 114 Å². The van der Waals surface area contributed by atoms with Crippen molar-refractivity contribution in [3.05, 3.63) is 125 Å². The fourth-order valence-corrected chi connectivity index (χ4v) is 7.58. The van der Waals surface area contributed by atoms with Crippen LogP contribution >= 0.6 is 23.4 Å². The van der Waals surface area contributed by atoms with Crippen LogP contribution in [0.5, 0.6) is 0 Å². The van der Waals surface area contributed by atoms with Crippen LogP contribution in [0.25, 0.3) is 17.1 Å². The maximum absolute atomic E-state index is 14.8. The maximum Gasteiger partial charge on any atom is 0.249 e. The van der Waals surface area contributed by atoms with Gasteiger partial charge in [-0.15, -0.1) is 10.2 Å². The van der Waals surface area contributed by atoms with Crippen molar-refractivity contribution in [1.82, 2.24) is 19.5 Å². The molecule has 1 aliphatic rings. The molecule has 5 aromatic rings. The van der Waals surface area contributed by atoms with E-state index in [0.717, 1.165) is 22.5 Å². The van der Waals surface area contributed by atoms with Gasteiger partial charge in [-0.1, -0.05) is 90.1 Å². The third-order valence-corrected chi connectivity index (χ3v) is 11.5. The van der Waals surface area contributed by atoms with Crippen LogP contribution in [0.4, 0.5) is 5.69 Å². The molecule has 0 aliphatic carbocycles. The van der Waals surface area contributed by atoms with E-state index in [-0.39, 0.29) is 12.5 Å². The Labute approximate surface area is 272 Å². The van der Waals surface area contributed by atoms with Crippen LogP contribution in [0.3, 0.4) is 0 Å². The first-order valence-electron chi connectivity index (χ1n) is 14.4. The van der Waals surface area contributed by atoms with Gasteiger partial charge in [-0.3, -0.25) is 9.36 Å². The zero-order valence-corrected chi connectivity index (χ0v) is 27.4. The van der Waals surface area contributed by atoms with Crippen molar-refractivity contribution < 1.29 is 13.2 Å². The number of amides is 1. The number of anilines is 1. The molecule has 0 radical (unpaired) electrons. The predicted molar refractivity (Wildman–Crippen MR) is 180 cm³/mol. The van der Waals surface area contributed by atoms with Gasteiger partial charge in [0.1, 0.15) is 4.75 Å². The van der Waals surface area contributed by atoms with Crippen molar-refractivity contribution in [2.24, 2.45) is 0 Å². The molecular formula is C34H32ClN5O3S2. The average Bonchev–Trinajstić information content (AvgIpc) is 3.54. The van der Waals surface area contributed by atoms with Crippen LogP contribution in [0.2, 0.25) is 5.02 Å². The number of carbonyl (C=O) groups excluding carboxylic acids is 1. The second kappa shape index (κ2) is 12.1. The number of hydrogen-bond donors (Lipinski definition) is 1. The maximum atomic E-state index is 14.8. The molecule has 1 amide bonds. The molecule has 45 heavy (non-hydrogen) atoms. The largest absolute Gasteiger partial charge is 0.306 e. The van der Waals surface area contributed by atoms with E-state index in [1.165, 1.54) is 11.8 Å². The van der Waals surface area contributed by atoms with Crippen molar-refractivity contribution in [2.75, 3.05) is 11.4 Å². The zero-order chi connectivity index (χ0) is 31.8. The number of para-hydroxylation sites is 2. The Morgan fingerprint density at radius 3 is 2.13 bits per heavy atom. The second-order valence-electron chi connectivity index (χ2n) is 11.7. The molecule has 230 valence electrons. The van der Waals surface area contributed by atoms with Crippen molar-refractivity contribution in [3.8, 4) is 17.1 Å². The summed E-state index contributed by atoms with van der Waals surface area (Å²) in [5, 5.41) is 10.2. The fourth-order valence-electron chi connectivity index (χ4n) is 5.22. The highest BCUT2D eigenvalue weighted by molar-refractivity contribution is 8.01. The summed E-state index contributed by atoms with van der Waals surface area (Å²) in [6.45, 7) is 5.03. The van der Waals surface area contributed by atoms with E-state index in [9.17, 15) is 13.2 Å². The van der Waals surface area contributed by atoms with Crippen LogP contribution in [0.1, 0.15) is 31.9 Å². The van der Waals surface area contributed by atoms with E-state index >= 15 is 0 Å². The highest BCUT2D eigenvalue weighted by atomic mass is 35.5. The molecular weight excluding hydrogens is 626 g/mol. The van der Waals surface area contributed by atoms with Crippen molar-refractivity contribution in [2.45, 2.75) is 42.0 Å². The Morgan fingerprint density at radius 1 is 0.844 bits per heavy atom. The van der Waals surface area contributed by atoms with Gasteiger partial charge in [-0.25, -0.2) is 13.1 Å². The molecule has 11 heteroatoms. The van der Waals surface area contributed by atoms with Gasteiger partial charge < -0.3 is 4.90 Å². The van der Waals surface area contributed by atoms with Gasteiger partial charge in [0.15, 0.2) is 11.0 Å². The quantitative estimate of drug-likeness (QED) is 0.186. The average molecular weight is 658 g/mol. The Bertz CT molecular complexity index is 1940. The molecule has 1 aromatic heterocycles. The number of benzene rings is 4. The molecule has 8 nitrogen and oxygen atoms in total. The Balaban J connectivity index is 1.52. The normalized spacial score (nSPS) is 16.6. The van der Waals surface area contributed by atoms with E-state index in [1.54, 1.807) is 37.8 Å². The topological polar surface area (TPSA) is 97.2 Å². The number of hydrogen-bond acceptors (Lipinski definition) is 6. The summed E-state index contributed by atoms with van der Waals surface area (Å²) in [5.41, 5.74) is 3.95. The number of thioether (sulfide) groups is 1. The highest BCUT2D eigenvalue weighted by Crippen LogP contribution is 2.52. The minimum atomic E-state index is -3.81. The number of nitrogens with zero attached hydrogens (tertiary/aromatic N) is 4. The standard InChI is InChI=1S/C34H32ClN5O3S2/c1-33(2,3)45(42,43)36-23-34(28-16-10-11-17-29(28)39(31(34)41)22-24-12-6-4-7-13-24)44-32-38-37-30(25-18-20-26(35)21-19-25)40(32)27-14-8-5-9-15-27/h4-21,36H,22-23H2,1-3H3. The number of rotatable bonds is 9. The lowest BCUT2D eigenvalue weighted by Crippen LogP contribution is -2.49. The minimum absolute atomic E-state index is 0.184.